The summed E-state index contributed by atoms with van der Waals surface area (Å²) < 4.78 is 18.4. The molecule has 0 aliphatic rings. The van der Waals surface area contributed by atoms with Gasteiger partial charge in [0, 0.05) is 19.2 Å². The third-order valence-electron chi connectivity index (χ3n) is 2.52. The number of nitrogens with one attached hydrogen (secondary N) is 1. The van der Waals surface area contributed by atoms with Crippen LogP contribution in [0.2, 0.25) is 0 Å². The SMILES string of the molecule is CCOc1cc(F)ccc1NC(=O)N(CC)CCO. The Morgan fingerprint density at radius 1 is 1.47 bits per heavy atom. The lowest BCUT2D eigenvalue weighted by Gasteiger charge is -2.21. The van der Waals surface area contributed by atoms with Crippen molar-refractivity contribution in [3.8, 4) is 5.75 Å². The van der Waals surface area contributed by atoms with Crippen LogP contribution in [0.4, 0.5) is 14.9 Å². The normalized spacial score (nSPS) is 10.1. The Morgan fingerprint density at radius 3 is 2.79 bits per heavy atom. The van der Waals surface area contributed by atoms with Crippen LogP contribution in [-0.2, 0) is 0 Å². The van der Waals surface area contributed by atoms with Crippen LogP contribution in [0.1, 0.15) is 13.8 Å². The molecule has 0 fully saturated rings. The van der Waals surface area contributed by atoms with Gasteiger partial charge >= 0.3 is 6.03 Å². The quantitative estimate of drug-likeness (QED) is 0.832. The Balaban J connectivity index is 2.83. The van der Waals surface area contributed by atoms with E-state index in [0.29, 0.717) is 18.8 Å². The number of urea groups is 1. The first-order valence-electron chi connectivity index (χ1n) is 6.21. The van der Waals surface area contributed by atoms with Crippen molar-refractivity contribution in [1.82, 2.24) is 4.90 Å². The third-order valence-corrected chi connectivity index (χ3v) is 2.52. The standard InChI is InChI=1S/C13H19FN2O3/c1-3-16(7-8-17)13(18)15-11-6-5-10(14)9-12(11)19-4-2/h5-6,9,17H,3-4,7-8H2,1-2H3,(H,15,18). The number of likely N-dealkylation sites (N-methyl/N-ethyl adjacent to an activating group) is 1. The summed E-state index contributed by atoms with van der Waals surface area (Å²) in [6.45, 7) is 4.57. The minimum absolute atomic E-state index is 0.108. The summed E-state index contributed by atoms with van der Waals surface area (Å²) in [7, 11) is 0. The highest BCUT2D eigenvalue weighted by Gasteiger charge is 2.14. The van der Waals surface area contributed by atoms with Crippen LogP contribution in [0.25, 0.3) is 0 Å². The van der Waals surface area contributed by atoms with Crippen LogP contribution in [0.5, 0.6) is 5.75 Å². The van der Waals surface area contributed by atoms with E-state index in [4.69, 9.17) is 9.84 Å². The molecule has 6 heteroatoms. The van der Waals surface area contributed by atoms with E-state index >= 15 is 0 Å². The maximum absolute atomic E-state index is 13.1. The number of rotatable bonds is 6. The van der Waals surface area contributed by atoms with Gasteiger partial charge in [-0.3, -0.25) is 0 Å². The zero-order valence-electron chi connectivity index (χ0n) is 11.1. The first-order valence-corrected chi connectivity index (χ1v) is 6.21. The molecule has 0 atom stereocenters. The summed E-state index contributed by atoms with van der Waals surface area (Å²) in [5.41, 5.74) is 0.407. The maximum atomic E-state index is 13.1. The summed E-state index contributed by atoms with van der Waals surface area (Å²) >= 11 is 0. The predicted molar refractivity (Wildman–Crippen MR) is 70.9 cm³/mol. The fraction of sp³-hybridized carbons (Fsp3) is 0.462. The average Bonchev–Trinajstić information content (AvgIpc) is 2.39. The molecule has 1 aromatic rings. The van der Waals surface area contributed by atoms with E-state index in [1.54, 1.807) is 6.92 Å². The molecule has 0 unspecified atom stereocenters. The largest absolute Gasteiger partial charge is 0.492 e. The fourth-order valence-electron chi connectivity index (χ4n) is 1.59. The molecule has 106 valence electrons. The number of carbonyl (C=O) groups is 1. The van der Waals surface area contributed by atoms with Crippen molar-refractivity contribution >= 4 is 11.7 Å². The van der Waals surface area contributed by atoms with Crippen LogP contribution in [0.15, 0.2) is 18.2 Å². The summed E-state index contributed by atoms with van der Waals surface area (Å²) in [4.78, 5) is 13.4. The summed E-state index contributed by atoms with van der Waals surface area (Å²) in [5.74, 6) is -0.139. The summed E-state index contributed by atoms with van der Waals surface area (Å²) in [6, 6.07) is 3.57. The van der Waals surface area contributed by atoms with Crippen molar-refractivity contribution in [3.63, 3.8) is 0 Å². The van der Waals surface area contributed by atoms with Gasteiger partial charge in [-0.15, -0.1) is 0 Å². The van der Waals surface area contributed by atoms with E-state index in [1.165, 1.54) is 23.1 Å². The number of aliphatic hydroxyl groups excluding tert-OH is 1. The van der Waals surface area contributed by atoms with Gasteiger partial charge in [-0.05, 0) is 26.0 Å². The van der Waals surface area contributed by atoms with E-state index in [-0.39, 0.29) is 24.9 Å². The topological polar surface area (TPSA) is 61.8 Å². The number of aliphatic hydroxyl groups is 1. The molecule has 1 aromatic carbocycles. The number of carbonyl (C=O) groups excluding carboxylic acids is 1. The number of ether oxygens (including phenoxy) is 1. The van der Waals surface area contributed by atoms with Crippen LogP contribution < -0.4 is 10.1 Å². The molecule has 2 amide bonds. The van der Waals surface area contributed by atoms with Gasteiger partial charge in [-0.25, -0.2) is 9.18 Å². The van der Waals surface area contributed by atoms with Crippen molar-refractivity contribution in [2.24, 2.45) is 0 Å². The van der Waals surface area contributed by atoms with Gasteiger partial charge in [0.1, 0.15) is 11.6 Å². The molecular formula is C13H19FN2O3. The Kier molecular flexibility index (Phi) is 6.08. The van der Waals surface area contributed by atoms with Crippen molar-refractivity contribution in [1.29, 1.82) is 0 Å². The van der Waals surface area contributed by atoms with E-state index in [1.807, 2.05) is 6.92 Å². The van der Waals surface area contributed by atoms with Gasteiger partial charge in [0.25, 0.3) is 0 Å². The number of hydrogen-bond donors (Lipinski definition) is 2. The zero-order chi connectivity index (χ0) is 14.3. The van der Waals surface area contributed by atoms with E-state index in [0.717, 1.165) is 0 Å². The second-order valence-electron chi connectivity index (χ2n) is 3.81. The van der Waals surface area contributed by atoms with Crippen LogP contribution in [0.3, 0.4) is 0 Å². The molecule has 0 radical (unpaired) electrons. The lowest BCUT2D eigenvalue weighted by Crippen LogP contribution is -2.36. The Bertz CT molecular complexity index is 426. The predicted octanol–water partition coefficient (Wildman–Crippen LogP) is 2.07. The molecule has 0 saturated carbocycles. The molecule has 2 N–H and O–H groups in total. The van der Waals surface area contributed by atoms with Crippen molar-refractivity contribution in [3.05, 3.63) is 24.0 Å². The average molecular weight is 270 g/mol. The number of benzene rings is 1. The first kappa shape index (κ1) is 15.2. The van der Waals surface area contributed by atoms with Gasteiger partial charge < -0.3 is 20.1 Å². The molecule has 0 aromatic heterocycles. The van der Waals surface area contributed by atoms with E-state index in [2.05, 4.69) is 5.32 Å². The Morgan fingerprint density at radius 2 is 2.21 bits per heavy atom. The van der Waals surface area contributed by atoms with Crippen LogP contribution >= 0.6 is 0 Å². The monoisotopic (exact) mass is 270 g/mol. The summed E-state index contributed by atoms with van der Waals surface area (Å²) in [5, 5.41) is 11.5. The minimum Gasteiger partial charge on any atom is -0.492 e. The molecule has 5 nitrogen and oxygen atoms in total. The number of anilines is 1. The number of nitrogens with zero attached hydrogens (tertiary/aromatic N) is 1. The molecule has 0 aliphatic heterocycles. The highest BCUT2D eigenvalue weighted by molar-refractivity contribution is 5.91. The number of amides is 2. The molecule has 0 spiro atoms. The van der Waals surface area contributed by atoms with Gasteiger partial charge in [-0.1, -0.05) is 0 Å². The molecular weight excluding hydrogens is 251 g/mol. The van der Waals surface area contributed by atoms with Crippen LogP contribution in [-0.4, -0.2) is 42.3 Å². The van der Waals surface area contributed by atoms with Crippen molar-refractivity contribution in [2.75, 3.05) is 31.6 Å². The highest BCUT2D eigenvalue weighted by Crippen LogP contribution is 2.25. The molecule has 0 bridgehead atoms. The van der Waals surface area contributed by atoms with Gasteiger partial charge in [0.2, 0.25) is 0 Å². The second kappa shape index (κ2) is 7.58. The van der Waals surface area contributed by atoms with Gasteiger partial charge in [0.15, 0.2) is 0 Å². The zero-order valence-corrected chi connectivity index (χ0v) is 11.1. The molecule has 1 rings (SSSR count). The number of halogens is 1. The number of hydrogen-bond acceptors (Lipinski definition) is 3. The lowest BCUT2D eigenvalue weighted by molar-refractivity contribution is 0.192. The Labute approximate surface area is 112 Å². The van der Waals surface area contributed by atoms with Crippen LogP contribution in [0, 0.1) is 5.82 Å². The molecule has 0 saturated heterocycles. The summed E-state index contributed by atoms with van der Waals surface area (Å²) in [6.07, 6.45) is 0. The minimum atomic E-state index is -0.427. The third kappa shape index (κ3) is 4.40. The maximum Gasteiger partial charge on any atom is 0.322 e. The van der Waals surface area contributed by atoms with Crippen molar-refractivity contribution < 1.29 is 19.0 Å². The van der Waals surface area contributed by atoms with Gasteiger partial charge in [-0.2, -0.15) is 0 Å². The molecule has 19 heavy (non-hydrogen) atoms. The lowest BCUT2D eigenvalue weighted by atomic mass is 10.3. The highest BCUT2D eigenvalue weighted by atomic mass is 19.1. The smallest absolute Gasteiger partial charge is 0.322 e. The molecule has 0 aliphatic carbocycles. The van der Waals surface area contributed by atoms with E-state index < -0.39 is 5.82 Å². The van der Waals surface area contributed by atoms with E-state index in [9.17, 15) is 9.18 Å². The fourth-order valence-corrected chi connectivity index (χ4v) is 1.59. The Hall–Kier alpha value is -1.82. The second-order valence-corrected chi connectivity index (χ2v) is 3.81. The first-order chi connectivity index (χ1) is 9.12. The molecule has 0 heterocycles. The van der Waals surface area contributed by atoms with Gasteiger partial charge in [0.05, 0.1) is 18.9 Å². The van der Waals surface area contributed by atoms with Crippen molar-refractivity contribution in [2.45, 2.75) is 13.8 Å².